The van der Waals surface area contributed by atoms with Crippen molar-refractivity contribution in [1.82, 2.24) is 0 Å². The van der Waals surface area contributed by atoms with Crippen LogP contribution in [-0.4, -0.2) is 39.8 Å². The Kier molecular flexibility index (Phi) is 6.98. The van der Waals surface area contributed by atoms with E-state index >= 15 is 0 Å². The van der Waals surface area contributed by atoms with Crippen molar-refractivity contribution in [2.45, 2.75) is 6.42 Å². The molecule has 0 fully saturated rings. The number of carbonyl (C=O) groups is 1. The van der Waals surface area contributed by atoms with Gasteiger partial charge in [0.05, 0.1) is 6.61 Å². The molecule has 18 heavy (non-hydrogen) atoms. The van der Waals surface area contributed by atoms with Gasteiger partial charge in [0.15, 0.2) is 11.6 Å². The first-order chi connectivity index (χ1) is 8.77. The highest BCUT2D eigenvalue weighted by atomic mass is 19.1. The molecule has 0 aliphatic rings. The predicted molar refractivity (Wildman–Crippen MR) is 64.6 cm³/mol. The lowest BCUT2D eigenvalue weighted by molar-refractivity contribution is 0.0797. The average molecular weight is 256 g/mol. The molecule has 100 valence electrons. The van der Waals surface area contributed by atoms with Crippen LogP contribution in [0.15, 0.2) is 18.2 Å². The summed E-state index contributed by atoms with van der Waals surface area (Å²) in [6.45, 7) is 1.90. The van der Waals surface area contributed by atoms with Crippen molar-refractivity contribution in [3.63, 3.8) is 0 Å². The van der Waals surface area contributed by atoms with Gasteiger partial charge in [0.1, 0.15) is 12.9 Å². The summed E-state index contributed by atoms with van der Waals surface area (Å²) in [5, 5.41) is 0. The minimum absolute atomic E-state index is 0.126. The summed E-state index contributed by atoms with van der Waals surface area (Å²) in [6, 6.07) is 4.08. The molecule has 1 aromatic rings. The van der Waals surface area contributed by atoms with Crippen LogP contribution in [0, 0.1) is 5.82 Å². The summed E-state index contributed by atoms with van der Waals surface area (Å²) in [5.41, 5.74) is 0.288. The van der Waals surface area contributed by atoms with E-state index in [1.807, 2.05) is 0 Å². The standard InChI is InChI=1S/C13H17FO4/c1-16-5-2-6-17-7-8-18-13-4-3-11(10-15)9-12(13)14/h3-4,9-10H,2,5-8H2,1H3. The summed E-state index contributed by atoms with van der Waals surface area (Å²) in [7, 11) is 1.63. The van der Waals surface area contributed by atoms with Crippen LogP contribution in [0.3, 0.4) is 0 Å². The largest absolute Gasteiger partial charge is 0.488 e. The van der Waals surface area contributed by atoms with Crippen LogP contribution in [0.1, 0.15) is 16.8 Å². The van der Waals surface area contributed by atoms with Crippen molar-refractivity contribution in [3.05, 3.63) is 29.6 Å². The summed E-state index contributed by atoms with van der Waals surface area (Å²) in [4.78, 5) is 10.4. The molecule has 4 nitrogen and oxygen atoms in total. The molecule has 0 bridgehead atoms. The molecule has 0 aromatic heterocycles. The van der Waals surface area contributed by atoms with Crippen molar-refractivity contribution < 1.29 is 23.4 Å². The monoisotopic (exact) mass is 256 g/mol. The maximum absolute atomic E-state index is 13.4. The zero-order valence-corrected chi connectivity index (χ0v) is 10.4. The second-order valence-electron chi connectivity index (χ2n) is 3.61. The first-order valence-electron chi connectivity index (χ1n) is 5.72. The summed E-state index contributed by atoms with van der Waals surface area (Å²) in [5.74, 6) is -0.417. The molecule has 0 amide bonds. The van der Waals surface area contributed by atoms with Crippen LogP contribution in [-0.2, 0) is 9.47 Å². The molecule has 5 heteroatoms. The van der Waals surface area contributed by atoms with E-state index in [2.05, 4.69) is 0 Å². The third-order valence-corrected chi connectivity index (χ3v) is 2.21. The zero-order valence-electron chi connectivity index (χ0n) is 10.4. The number of carbonyl (C=O) groups excluding carboxylic acids is 1. The number of methoxy groups -OCH3 is 1. The number of rotatable bonds is 9. The molecule has 0 radical (unpaired) electrons. The maximum Gasteiger partial charge on any atom is 0.165 e. The van der Waals surface area contributed by atoms with Crippen LogP contribution in [0.25, 0.3) is 0 Å². The molecular weight excluding hydrogens is 239 g/mol. The molecule has 1 rings (SSSR count). The second kappa shape index (κ2) is 8.60. The van der Waals surface area contributed by atoms with Crippen molar-refractivity contribution in [2.24, 2.45) is 0 Å². The van der Waals surface area contributed by atoms with Gasteiger partial charge < -0.3 is 14.2 Å². The van der Waals surface area contributed by atoms with Gasteiger partial charge in [0.2, 0.25) is 0 Å². The van der Waals surface area contributed by atoms with E-state index in [-0.39, 0.29) is 17.9 Å². The van der Waals surface area contributed by atoms with Gasteiger partial charge in [0.25, 0.3) is 0 Å². The Morgan fingerprint density at radius 2 is 2.06 bits per heavy atom. The molecule has 0 heterocycles. The Bertz CT molecular complexity index is 368. The minimum Gasteiger partial charge on any atom is -0.488 e. The van der Waals surface area contributed by atoms with Gasteiger partial charge in [-0.1, -0.05) is 0 Å². The number of benzene rings is 1. The molecule has 1 aromatic carbocycles. The molecule has 0 aliphatic heterocycles. The molecule has 0 saturated heterocycles. The van der Waals surface area contributed by atoms with Gasteiger partial charge in [-0.05, 0) is 24.6 Å². The van der Waals surface area contributed by atoms with E-state index < -0.39 is 5.82 Å². The van der Waals surface area contributed by atoms with Crippen LogP contribution < -0.4 is 4.74 Å². The van der Waals surface area contributed by atoms with Crippen LogP contribution >= 0.6 is 0 Å². The fourth-order valence-corrected chi connectivity index (χ4v) is 1.33. The normalized spacial score (nSPS) is 10.3. The van der Waals surface area contributed by atoms with E-state index in [1.54, 1.807) is 7.11 Å². The molecule has 0 unspecified atom stereocenters. The van der Waals surface area contributed by atoms with E-state index in [1.165, 1.54) is 12.1 Å². The van der Waals surface area contributed by atoms with Crippen molar-refractivity contribution in [1.29, 1.82) is 0 Å². The van der Waals surface area contributed by atoms with Crippen LogP contribution in [0.4, 0.5) is 4.39 Å². The fraction of sp³-hybridized carbons (Fsp3) is 0.462. The Morgan fingerprint density at radius 1 is 1.22 bits per heavy atom. The fourth-order valence-electron chi connectivity index (χ4n) is 1.33. The second-order valence-corrected chi connectivity index (χ2v) is 3.61. The molecule has 0 saturated carbocycles. The van der Waals surface area contributed by atoms with E-state index in [0.29, 0.717) is 26.1 Å². The maximum atomic E-state index is 13.4. The lowest BCUT2D eigenvalue weighted by atomic mass is 10.2. The van der Waals surface area contributed by atoms with Crippen molar-refractivity contribution in [2.75, 3.05) is 33.5 Å². The highest BCUT2D eigenvalue weighted by Crippen LogP contribution is 2.17. The number of hydrogen-bond acceptors (Lipinski definition) is 4. The van der Waals surface area contributed by atoms with Gasteiger partial charge in [-0.15, -0.1) is 0 Å². The Balaban J connectivity index is 2.21. The number of halogens is 1. The Morgan fingerprint density at radius 3 is 2.72 bits per heavy atom. The van der Waals surface area contributed by atoms with E-state index in [9.17, 15) is 9.18 Å². The lowest BCUT2D eigenvalue weighted by Crippen LogP contribution is -2.09. The molecule has 0 aliphatic carbocycles. The van der Waals surface area contributed by atoms with E-state index in [4.69, 9.17) is 14.2 Å². The lowest BCUT2D eigenvalue weighted by Gasteiger charge is -2.08. The molecule has 0 atom stereocenters. The van der Waals surface area contributed by atoms with Gasteiger partial charge in [-0.25, -0.2) is 4.39 Å². The summed E-state index contributed by atoms with van der Waals surface area (Å²) < 4.78 is 28.7. The smallest absolute Gasteiger partial charge is 0.165 e. The predicted octanol–water partition coefficient (Wildman–Crippen LogP) is 2.07. The SMILES string of the molecule is COCCCOCCOc1ccc(C=O)cc1F. The van der Waals surface area contributed by atoms with Gasteiger partial charge in [0, 0.05) is 25.9 Å². The molecule has 0 N–H and O–H groups in total. The number of hydrogen-bond donors (Lipinski definition) is 0. The summed E-state index contributed by atoms with van der Waals surface area (Å²) >= 11 is 0. The highest BCUT2D eigenvalue weighted by Gasteiger charge is 2.04. The molecule has 0 spiro atoms. The van der Waals surface area contributed by atoms with Crippen LogP contribution in [0.5, 0.6) is 5.75 Å². The minimum atomic E-state index is -0.543. The Labute approximate surface area is 106 Å². The third kappa shape index (κ3) is 5.25. The quantitative estimate of drug-likeness (QED) is 0.501. The van der Waals surface area contributed by atoms with Crippen molar-refractivity contribution in [3.8, 4) is 5.75 Å². The van der Waals surface area contributed by atoms with Gasteiger partial charge in [-0.2, -0.15) is 0 Å². The number of aldehydes is 1. The van der Waals surface area contributed by atoms with Gasteiger partial charge in [-0.3, -0.25) is 4.79 Å². The Hall–Kier alpha value is -1.46. The van der Waals surface area contributed by atoms with Gasteiger partial charge >= 0.3 is 0 Å². The van der Waals surface area contributed by atoms with Crippen molar-refractivity contribution >= 4 is 6.29 Å². The van der Waals surface area contributed by atoms with Crippen LogP contribution in [0.2, 0.25) is 0 Å². The number of ether oxygens (including phenoxy) is 3. The topological polar surface area (TPSA) is 44.8 Å². The first-order valence-corrected chi connectivity index (χ1v) is 5.72. The summed E-state index contributed by atoms with van der Waals surface area (Å²) in [6.07, 6.45) is 1.41. The third-order valence-electron chi connectivity index (χ3n) is 2.21. The molecular formula is C13H17FO4. The zero-order chi connectivity index (χ0) is 13.2. The average Bonchev–Trinajstić information content (AvgIpc) is 2.39. The van der Waals surface area contributed by atoms with E-state index in [0.717, 1.165) is 12.5 Å². The highest BCUT2D eigenvalue weighted by molar-refractivity contribution is 5.74. The first kappa shape index (κ1) is 14.6.